The molecule has 2 heteroatoms. The fourth-order valence-electron chi connectivity index (χ4n) is 10.7. The van der Waals surface area contributed by atoms with Gasteiger partial charge in [-0.2, -0.15) is 0 Å². The zero-order valence-corrected chi connectivity index (χ0v) is 52.4. The number of benzene rings is 10. The van der Waals surface area contributed by atoms with Gasteiger partial charge in [0, 0.05) is 11.1 Å². The largest absolute Gasteiger partial charge is 0.457 e. The van der Waals surface area contributed by atoms with Crippen LogP contribution in [-0.2, 0) is 0 Å². The lowest BCUT2D eigenvalue weighted by atomic mass is 9.87. The number of hydrogen-bond donors (Lipinski definition) is 0. The Labute approximate surface area is 488 Å². The first-order valence-electron chi connectivity index (χ1n) is 29.4. The number of aryl methyl sites for hydroxylation is 11. The van der Waals surface area contributed by atoms with Gasteiger partial charge in [-0.05, 0) is 225 Å². The zero-order chi connectivity index (χ0) is 58.8. The second-order valence-corrected chi connectivity index (χ2v) is 24.2. The van der Waals surface area contributed by atoms with E-state index in [-0.39, 0.29) is 0 Å². The second-order valence-electron chi connectivity index (χ2n) is 24.2. The molecule has 0 fully saturated rings. The molecule has 418 valence electrons. The first-order chi connectivity index (χ1) is 38.4. The standard InChI is InChI=1S/C33H36O.C18H22O.2C14H16/c1-20(2)27-18-31(29-11-9-21(3)14-25(29)7)33(34-28-16-23(5)13-24(6)17-28)32(19-27)30-12-10-22(4)15-26(30)8;1-12(2)16-6-8-17(9-7-16)19-18-14(4)10-13(3)11-15(18)5;2*1-10(2)12-6-7-13-8-11(3)4-5-14(13)9-12/h9-20H,1-8H3;6-12H,1-5H3;2*4-10H,1-3H3. The summed E-state index contributed by atoms with van der Waals surface area (Å²) in [6, 6.07) is 63.9. The van der Waals surface area contributed by atoms with E-state index in [9.17, 15) is 0 Å². The first-order valence-corrected chi connectivity index (χ1v) is 29.4. The van der Waals surface area contributed by atoms with Crippen molar-refractivity contribution in [2.45, 2.75) is 155 Å². The molecule has 0 aliphatic heterocycles. The molecule has 0 spiro atoms. The van der Waals surface area contributed by atoms with Crippen LogP contribution in [0.15, 0.2) is 176 Å². The lowest BCUT2D eigenvalue weighted by molar-refractivity contribution is 0.474. The van der Waals surface area contributed by atoms with E-state index in [2.05, 4.69) is 295 Å². The van der Waals surface area contributed by atoms with Crippen LogP contribution < -0.4 is 9.47 Å². The van der Waals surface area contributed by atoms with Gasteiger partial charge in [-0.1, -0.05) is 223 Å². The highest BCUT2D eigenvalue weighted by molar-refractivity contribution is 5.87. The first kappa shape index (κ1) is 61.0. The van der Waals surface area contributed by atoms with Crippen molar-refractivity contribution in [3.05, 3.63) is 259 Å². The van der Waals surface area contributed by atoms with E-state index in [0.717, 1.165) is 34.1 Å². The summed E-state index contributed by atoms with van der Waals surface area (Å²) in [5.74, 6) is 5.87. The maximum atomic E-state index is 6.82. The topological polar surface area (TPSA) is 18.5 Å². The van der Waals surface area contributed by atoms with Crippen LogP contribution in [0.3, 0.4) is 0 Å². The summed E-state index contributed by atoms with van der Waals surface area (Å²) in [5, 5.41) is 5.38. The number of ether oxygens (including phenoxy) is 2. The van der Waals surface area contributed by atoms with E-state index < -0.39 is 0 Å². The van der Waals surface area contributed by atoms with Gasteiger partial charge in [0.15, 0.2) is 0 Å². The molecule has 0 aliphatic rings. The van der Waals surface area contributed by atoms with Crippen LogP contribution in [0, 0.1) is 76.2 Å². The predicted molar refractivity (Wildman–Crippen MR) is 353 cm³/mol. The van der Waals surface area contributed by atoms with E-state index in [1.807, 2.05) is 12.1 Å². The van der Waals surface area contributed by atoms with Crippen LogP contribution in [0.2, 0.25) is 0 Å². The quantitative estimate of drug-likeness (QED) is 0.136. The van der Waals surface area contributed by atoms with Crippen molar-refractivity contribution in [3.63, 3.8) is 0 Å². The molecule has 10 rings (SSSR count). The number of hydrogen-bond acceptors (Lipinski definition) is 2. The van der Waals surface area contributed by atoms with Gasteiger partial charge >= 0.3 is 0 Å². The minimum absolute atomic E-state index is 0.407. The van der Waals surface area contributed by atoms with Gasteiger partial charge in [-0.25, -0.2) is 0 Å². The van der Waals surface area contributed by atoms with Crippen LogP contribution >= 0.6 is 0 Å². The molecule has 0 bridgehead atoms. The third-order valence-corrected chi connectivity index (χ3v) is 15.3. The van der Waals surface area contributed by atoms with Crippen molar-refractivity contribution >= 4 is 21.5 Å². The molecule has 10 aromatic carbocycles. The van der Waals surface area contributed by atoms with Crippen molar-refractivity contribution in [1.29, 1.82) is 0 Å². The lowest BCUT2D eigenvalue weighted by Gasteiger charge is -2.22. The summed E-state index contributed by atoms with van der Waals surface area (Å²) in [6.07, 6.45) is 0. The summed E-state index contributed by atoms with van der Waals surface area (Å²) >= 11 is 0. The van der Waals surface area contributed by atoms with E-state index in [1.165, 1.54) is 116 Å². The van der Waals surface area contributed by atoms with Gasteiger partial charge in [0.2, 0.25) is 0 Å². The molecule has 0 aromatic heterocycles. The van der Waals surface area contributed by atoms with Crippen LogP contribution in [-0.4, -0.2) is 0 Å². The average molecular weight is 1070 g/mol. The van der Waals surface area contributed by atoms with Crippen molar-refractivity contribution in [2.75, 3.05) is 0 Å². The Morgan fingerprint density at radius 3 is 0.963 bits per heavy atom. The minimum atomic E-state index is 0.407. The molecule has 0 atom stereocenters. The summed E-state index contributed by atoms with van der Waals surface area (Å²) in [5.41, 5.74) is 24.0. The Morgan fingerprint density at radius 2 is 0.556 bits per heavy atom. The van der Waals surface area contributed by atoms with Crippen LogP contribution in [0.5, 0.6) is 23.0 Å². The van der Waals surface area contributed by atoms with Crippen molar-refractivity contribution in [1.82, 2.24) is 0 Å². The Bertz CT molecular complexity index is 3560. The van der Waals surface area contributed by atoms with E-state index >= 15 is 0 Å². The molecule has 0 amide bonds. The van der Waals surface area contributed by atoms with E-state index in [4.69, 9.17) is 9.47 Å². The molecule has 0 radical (unpaired) electrons. The van der Waals surface area contributed by atoms with Gasteiger partial charge in [0.1, 0.15) is 23.0 Å². The number of fused-ring (bicyclic) bond motifs is 2. The molecule has 0 heterocycles. The summed E-state index contributed by atoms with van der Waals surface area (Å²) in [7, 11) is 0. The highest BCUT2D eigenvalue weighted by Gasteiger charge is 2.21. The smallest absolute Gasteiger partial charge is 0.143 e. The van der Waals surface area contributed by atoms with Crippen molar-refractivity contribution < 1.29 is 9.47 Å². The molecular formula is C79H90O2. The molecule has 0 saturated carbocycles. The van der Waals surface area contributed by atoms with Gasteiger partial charge in [-0.15, -0.1) is 0 Å². The van der Waals surface area contributed by atoms with Crippen molar-refractivity contribution in [3.8, 4) is 45.3 Å². The fourth-order valence-corrected chi connectivity index (χ4v) is 10.7. The molecule has 0 saturated heterocycles. The Kier molecular flexibility index (Phi) is 20.5. The molecule has 81 heavy (non-hydrogen) atoms. The molecule has 0 N–H and O–H groups in total. The highest BCUT2D eigenvalue weighted by atomic mass is 16.5. The summed E-state index contributed by atoms with van der Waals surface area (Å²) in [6.45, 7) is 41.4. The zero-order valence-electron chi connectivity index (χ0n) is 52.4. The average Bonchev–Trinajstić information content (AvgIpc) is 3.59. The van der Waals surface area contributed by atoms with Crippen LogP contribution in [0.4, 0.5) is 0 Å². The normalized spacial score (nSPS) is 11.1. The van der Waals surface area contributed by atoms with Gasteiger partial charge in [-0.3, -0.25) is 0 Å². The third-order valence-electron chi connectivity index (χ3n) is 15.3. The molecule has 10 aromatic rings. The molecular weight excluding hydrogens is 981 g/mol. The monoisotopic (exact) mass is 1070 g/mol. The minimum Gasteiger partial charge on any atom is -0.457 e. The maximum Gasteiger partial charge on any atom is 0.143 e. The molecule has 2 nitrogen and oxygen atoms in total. The Morgan fingerprint density at radius 1 is 0.222 bits per heavy atom. The van der Waals surface area contributed by atoms with Gasteiger partial charge < -0.3 is 9.47 Å². The van der Waals surface area contributed by atoms with E-state index in [1.54, 1.807) is 0 Å². The van der Waals surface area contributed by atoms with Gasteiger partial charge in [0.05, 0.1) is 0 Å². The Balaban J connectivity index is 0.000000169. The predicted octanol–water partition coefficient (Wildman–Crippen LogP) is 23.9. The second kappa shape index (κ2) is 27.2. The molecule has 0 unspecified atom stereocenters. The third kappa shape index (κ3) is 16.3. The Hall–Kier alpha value is -7.68. The maximum absolute atomic E-state index is 6.82. The van der Waals surface area contributed by atoms with Crippen molar-refractivity contribution in [2.24, 2.45) is 0 Å². The van der Waals surface area contributed by atoms with E-state index in [0.29, 0.717) is 23.7 Å². The fraction of sp³-hybridized carbons (Fsp3) is 0.291. The summed E-state index contributed by atoms with van der Waals surface area (Å²) < 4.78 is 12.8. The summed E-state index contributed by atoms with van der Waals surface area (Å²) in [4.78, 5) is 0. The van der Waals surface area contributed by atoms with Crippen LogP contribution in [0.25, 0.3) is 43.8 Å². The highest BCUT2D eigenvalue weighted by Crippen LogP contribution is 2.46. The van der Waals surface area contributed by atoms with Crippen LogP contribution in [0.1, 0.15) is 163 Å². The SMILES string of the molecule is Cc1cc(C)c(Oc2ccc(C(C)C)cc2)c(C)c1.Cc1cc(C)cc(Oc2c(-c3ccc(C)cc3C)cc(C(C)C)cc2-c2ccc(C)cc2C)c1.Cc1ccc2cc(C(C)C)ccc2c1.Cc1ccc2cc(C(C)C)ccc2c1. The van der Waals surface area contributed by atoms with Gasteiger partial charge in [0.25, 0.3) is 0 Å². The number of rotatable bonds is 10. The lowest BCUT2D eigenvalue weighted by Crippen LogP contribution is -1.99. The molecule has 0 aliphatic carbocycles.